The molecule has 464 valence electrons. The van der Waals surface area contributed by atoms with Gasteiger partial charge in [-0.05, 0) is 104 Å². The van der Waals surface area contributed by atoms with E-state index >= 15 is 0 Å². The zero-order valence-electron chi connectivity index (χ0n) is 88.5. The monoisotopic (exact) mass is 1480 g/mol. The molecule has 0 amide bonds. The molecule has 5 nitrogen and oxygen atoms in total. The quantitative estimate of drug-likeness (QED) is 0.0444. The van der Waals surface area contributed by atoms with Crippen molar-refractivity contribution >= 4 is 90.5 Å². The molecule has 0 bridgehead atoms. The Morgan fingerprint density at radius 3 is 1.41 bits per heavy atom. The molecule has 0 saturated heterocycles. The fourth-order valence-corrected chi connectivity index (χ4v) is 19.1. The predicted octanol–water partition coefficient (Wildman–Crippen LogP) is 15.0. The van der Waals surface area contributed by atoms with Gasteiger partial charge in [-0.1, -0.05) is 317 Å². The summed E-state index contributed by atoms with van der Waals surface area (Å²) in [5.74, 6) is 0.751. The molecule has 0 N–H and O–H groups in total. The van der Waals surface area contributed by atoms with Gasteiger partial charge in [-0.3, -0.25) is 4.57 Å². The Morgan fingerprint density at radius 2 is 0.896 bits per heavy atom. The van der Waals surface area contributed by atoms with Crippen LogP contribution in [0.1, 0.15) is 78.4 Å². The van der Waals surface area contributed by atoms with Crippen LogP contribution in [0.5, 0.6) is 11.5 Å². The average molecular weight is 1490 g/mol. The molecule has 0 atom stereocenters. The van der Waals surface area contributed by atoms with E-state index in [2.05, 4.69) is 39.2 Å². The van der Waals surface area contributed by atoms with Crippen LogP contribution in [0.15, 0.2) is 345 Å². The first-order valence-corrected chi connectivity index (χ1v) is 33.4. The standard InChI is InChI=1S/C88H66N4OSi2.Pt/c1-88(2,3)66-56-57-89-86(60-66)92-82-51-23-22-48-80(82)81-55-54-69(62-85(81)92)93-68-33-28-32-67(61-68)90-63-91(84-53-25-24-52-83(84)90)87-78(64-30-26-46-76(58-64)94(70-34-10-4-11-35-70,71-36-12-5-13-37-71)72-38-14-6-15-39-72)49-29-50-79(87)65-31-27-47-77(59-65)95(73-40-16-7-17-41-73,74-42-18-8-19-43-74)75-44-20-9-21-45-75;/h4-60H,1-3H3;/q-2;/i4D,5D,6D,7D,8D,9D,10D,11D,12D,13D,14D,15D,16D,17D,18D,19D,20D,21D,26D,27D,30D,31D,34D,35D,36D,37D,38D,39D,40D,41D,42D,43D,44D,45D,46D,47D,58D,59D;. The molecule has 0 radical (unpaired) electrons. The van der Waals surface area contributed by atoms with Gasteiger partial charge in [-0.2, -0.15) is 18.2 Å². The molecule has 0 aliphatic carbocycles. The van der Waals surface area contributed by atoms with Crippen molar-refractivity contribution in [1.82, 2.24) is 14.1 Å². The number of para-hydroxylation sites is 4. The molecule has 3 heterocycles. The van der Waals surface area contributed by atoms with Crippen LogP contribution in [0, 0.1) is 18.5 Å². The van der Waals surface area contributed by atoms with Gasteiger partial charge in [0.05, 0.1) is 68.8 Å². The molecule has 3 aromatic heterocycles. The number of aromatic nitrogens is 4. The third-order valence-electron chi connectivity index (χ3n) is 16.2. The van der Waals surface area contributed by atoms with E-state index in [1.165, 1.54) is 22.8 Å². The van der Waals surface area contributed by atoms with Gasteiger partial charge in [0, 0.05) is 44.3 Å². The number of hydrogen-bond acceptors (Lipinski definition) is 2. The van der Waals surface area contributed by atoms with Gasteiger partial charge >= 0.3 is 0 Å². The first-order chi connectivity index (χ1) is 62.5. The smallest absolute Gasteiger partial charge is 0.268 e. The minimum atomic E-state index is -6.72. The molecule has 0 aliphatic heterocycles. The minimum absolute atomic E-state index is 0. The fourth-order valence-electron chi connectivity index (χ4n) is 12.0. The molecule has 0 fully saturated rings. The van der Waals surface area contributed by atoms with Crippen LogP contribution in [0.4, 0.5) is 0 Å². The Morgan fingerprint density at radius 1 is 0.438 bits per heavy atom. The molecule has 96 heavy (non-hydrogen) atoms. The van der Waals surface area contributed by atoms with Crippen LogP contribution in [0.25, 0.3) is 72.3 Å². The summed E-state index contributed by atoms with van der Waals surface area (Å²) in [5, 5.41) is -8.23. The van der Waals surface area contributed by atoms with Crippen LogP contribution in [0.3, 0.4) is 0 Å². The van der Waals surface area contributed by atoms with Gasteiger partial charge < -0.3 is 13.9 Å². The van der Waals surface area contributed by atoms with Crippen LogP contribution in [-0.2, 0) is 26.5 Å². The van der Waals surface area contributed by atoms with Gasteiger partial charge in [-0.15, -0.1) is 29.7 Å². The number of ether oxygens (including phenoxy) is 1. The van der Waals surface area contributed by atoms with Crippen molar-refractivity contribution in [2.75, 3.05) is 0 Å². The number of fused-ring (bicyclic) bond motifs is 4. The minimum Gasteiger partial charge on any atom is -0.510 e. The Hall–Kier alpha value is -10.8. The molecule has 0 spiro atoms. The summed E-state index contributed by atoms with van der Waals surface area (Å²) in [6, 6.07) is -13.3. The Balaban J connectivity index is 0.0000137. The first-order valence-electron chi connectivity index (χ1n) is 48.4. The Bertz CT molecular complexity index is 7060. The van der Waals surface area contributed by atoms with Gasteiger partial charge in [0.25, 0.3) is 6.33 Å². The number of imidazole rings is 1. The number of benzene rings is 13. The van der Waals surface area contributed by atoms with Crippen LogP contribution < -0.4 is 50.8 Å². The summed E-state index contributed by atoms with van der Waals surface area (Å²) in [6.07, 6.45) is 4.98. The number of nitrogens with zero attached hydrogens (tertiary/aromatic N) is 4. The van der Waals surface area contributed by atoms with Gasteiger partial charge in [0.2, 0.25) is 0 Å². The van der Waals surface area contributed by atoms with Crippen LogP contribution in [-0.4, -0.2) is 30.3 Å². The molecule has 0 unspecified atom stereocenters. The average Bonchev–Trinajstić information content (AvgIpc) is 0.779. The summed E-state index contributed by atoms with van der Waals surface area (Å²) in [5.41, 5.74) is -1.90. The summed E-state index contributed by atoms with van der Waals surface area (Å²) in [4.78, 5) is 4.80. The molecular weight excluding hydrogens is 1380 g/mol. The van der Waals surface area contributed by atoms with Crippen molar-refractivity contribution < 1.29 is 82.5 Å². The Kier molecular flexibility index (Phi) is 8.64. The van der Waals surface area contributed by atoms with E-state index in [0.717, 1.165) is 44.6 Å². The summed E-state index contributed by atoms with van der Waals surface area (Å²) in [7, 11) is -13.4. The van der Waals surface area contributed by atoms with E-state index < -0.39 is 315 Å². The summed E-state index contributed by atoms with van der Waals surface area (Å²) < 4.78 is 380. The van der Waals surface area contributed by atoms with Gasteiger partial charge in [0.15, 0.2) is 16.1 Å². The van der Waals surface area contributed by atoms with Crippen molar-refractivity contribution in [3.63, 3.8) is 0 Å². The molecule has 0 aliphatic rings. The number of pyridine rings is 1. The van der Waals surface area contributed by atoms with E-state index in [9.17, 15) is 43.9 Å². The fraction of sp³-hybridized carbons (Fsp3) is 0.0455. The van der Waals surface area contributed by atoms with Crippen molar-refractivity contribution in [3.8, 4) is 50.9 Å². The van der Waals surface area contributed by atoms with Crippen molar-refractivity contribution in [3.05, 3.63) is 369 Å². The number of rotatable bonds is 15. The maximum Gasteiger partial charge on any atom is 0.268 e. The zero-order valence-corrected chi connectivity index (χ0v) is 54.8. The van der Waals surface area contributed by atoms with Gasteiger partial charge in [0.1, 0.15) is 5.82 Å². The maximum atomic E-state index is 11.2. The Labute approximate surface area is 631 Å². The van der Waals surface area contributed by atoms with Crippen molar-refractivity contribution in [1.29, 1.82) is 0 Å². The maximum absolute atomic E-state index is 11.2. The molecule has 0 saturated carbocycles. The topological polar surface area (TPSA) is 35.9 Å². The first kappa shape index (κ1) is 32.1. The van der Waals surface area contributed by atoms with Gasteiger partial charge in [-0.25, -0.2) is 4.98 Å². The SMILES string of the molecule is [2H]c1c([2H])c([2H])c([Si](c2c([2H])c([2H])c([2H])c([2H])c2[2H])(c2c([2H])c([2H])c([2H])c([2H])c2[2H])c2c([2H])c([2H])c([2H])c(-c3cccc(-c4c([2H])c([2H])c([2H])c([Si](c5c([2H])c([2H])c([2H])c([2H])c5[2H])(c5c([2H])c([2H])c([2H])c([2H])c5[2H])c5c([2H])c([2H])c([2H])c([2H])c5[2H])c4[2H])c3-[n+]3[c-]n(-c4[c-]c(Oc5[c-]c6c(cc5)c5ccccc5n6-c5cc(C(C)(C)C)ccn5)ccc4)c4ccccc43)c2[2H])c([2H])c1[2H].[Pt]. The van der Waals surface area contributed by atoms with Crippen molar-refractivity contribution in [2.24, 2.45) is 0 Å². The normalized spacial score (nSPS) is 17.4. The van der Waals surface area contributed by atoms with E-state index in [4.69, 9.17) is 17.9 Å². The van der Waals surface area contributed by atoms with E-state index in [1.54, 1.807) is 36.5 Å². The van der Waals surface area contributed by atoms with Crippen LogP contribution in [0.2, 0.25) is 0 Å². The predicted molar refractivity (Wildman–Crippen MR) is 397 cm³/mol. The molecular formula is C88H66N4OPtSi2-2. The van der Waals surface area contributed by atoms with Crippen LogP contribution >= 0.6 is 0 Å². The second-order valence-corrected chi connectivity index (χ2v) is 29.6. The van der Waals surface area contributed by atoms with Crippen molar-refractivity contribution in [2.45, 2.75) is 26.2 Å². The third-order valence-corrected chi connectivity index (χ3v) is 24.2. The third kappa shape index (κ3) is 10.8. The summed E-state index contributed by atoms with van der Waals surface area (Å²) >= 11 is 0. The zero-order chi connectivity index (χ0) is 97.0. The van der Waals surface area contributed by atoms with E-state index in [0.29, 0.717) is 11.3 Å². The molecule has 16 rings (SSSR count). The largest absolute Gasteiger partial charge is 0.510 e. The number of hydrogen-bond donors (Lipinski definition) is 0. The molecule has 16 aromatic rings. The molecule has 8 heteroatoms. The van der Waals surface area contributed by atoms with E-state index in [-0.39, 0.29) is 54.7 Å². The second kappa shape index (κ2) is 25.8. The summed E-state index contributed by atoms with van der Waals surface area (Å²) in [6.45, 7) is 6.21. The second-order valence-electron chi connectivity index (χ2n) is 22.6. The van der Waals surface area contributed by atoms with E-state index in [1.807, 2.05) is 47.0 Å². The molecule has 13 aromatic carbocycles.